The summed E-state index contributed by atoms with van der Waals surface area (Å²) in [4.78, 5) is 24.6. The Labute approximate surface area is 166 Å². The molecule has 1 heterocycles. The van der Waals surface area contributed by atoms with Gasteiger partial charge in [-0.15, -0.1) is 0 Å². The van der Waals surface area contributed by atoms with Gasteiger partial charge in [-0.2, -0.15) is 0 Å². The Morgan fingerprint density at radius 2 is 1.96 bits per heavy atom. The fraction of sp³-hybridized carbons (Fsp3) is 0.619. The number of ether oxygens (including phenoxy) is 4. The van der Waals surface area contributed by atoms with Crippen LogP contribution in [-0.2, 0) is 30.3 Å². The Morgan fingerprint density at radius 3 is 2.61 bits per heavy atom. The van der Waals surface area contributed by atoms with Crippen molar-refractivity contribution in [2.45, 2.75) is 71.0 Å². The number of amides is 1. The van der Waals surface area contributed by atoms with Crippen LogP contribution in [0.5, 0.6) is 0 Å². The molecule has 7 nitrogen and oxygen atoms in total. The molecule has 1 saturated heterocycles. The first kappa shape index (κ1) is 22.2. The summed E-state index contributed by atoms with van der Waals surface area (Å²) < 4.78 is 21.8. The third-order valence-corrected chi connectivity index (χ3v) is 4.05. The highest BCUT2D eigenvalue weighted by atomic mass is 16.7. The molecule has 0 bridgehead atoms. The quantitative estimate of drug-likeness (QED) is 0.680. The van der Waals surface area contributed by atoms with Gasteiger partial charge in [0, 0.05) is 13.0 Å². The first-order valence-corrected chi connectivity index (χ1v) is 9.77. The van der Waals surface area contributed by atoms with Crippen molar-refractivity contribution in [2.24, 2.45) is 0 Å². The minimum atomic E-state index is -0.859. The second-order valence-corrected chi connectivity index (χ2v) is 7.75. The maximum atomic E-state index is 12.5. The second kappa shape index (κ2) is 11.0. The molecular formula is C21H31NO6. The lowest BCUT2D eigenvalue weighted by Gasteiger charge is -2.25. The molecular weight excluding hydrogens is 362 g/mol. The molecule has 2 atom stereocenters. The topological polar surface area (TPSA) is 83.1 Å². The molecule has 28 heavy (non-hydrogen) atoms. The third-order valence-electron chi connectivity index (χ3n) is 4.05. The third kappa shape index (κ3) is 8.71. The van der Waals surface area contributed by atoms with E-state index in [-0.39, 0.29) is 25.9 Å². The predicted octanol–water partition coefficient (Wildman–Crippen LogP) is 3.56. The van der Waals surface area contributed by atoms with Gasteiger partial charge in [-0.05, 0) is 45.6 Å². The zero-order valence-corrected chi connectivity index (χ0v) is 16.9. The van der Waals surface area contributed by atoms with E-state index >= 15 is 0 Å². The van der Waals surface area contributed by atoms with E-state index in [2.05, 4.69) is 5.32 Å². The maximum absolute atomic E-state index is 12.5. The number of carbonyl (C=O) groups excluding carboxylic acids is 2. The largest absolute Gasteiger partial charge is 0.459 e. The summed E-state index contributed by atoms with van der Waals surface area (Å²) >= 11 is 0. The van der Waals surface area contributed by atoms with E-state index in [1.54, 1.807) is 20.8 Å². The van der Waals surface area contributed by atoms with E-state index < -0.39 is 23.7 Å². The van der Waals surface area contributed by atoms with Crippen LogP contribution in [0.15, 0.2) is 30.3 Å². The zero-order valence-electron chi connectivity index (χ0n) is 16.9. The molecule has 1 aliphatic rings. The molecule has 1 N–H and O–H groups in total. The number of rotatable bonds is 8. The Bertz CT molecular complexity index is 607. The summed E-state index contributed by atoms with van der Waals surface area (Å²) in [6, 6.07) is 8.51. The van der Waals surface area contributed by atoms with Crippen molar-refractivity contribution in [2.75, 3.05) is 13.2 Å². The molecule has 0 aliphatic carbocycles. The summed E-state index contributed by atoms with van der Waals surface area (Å²) in [6.45, 7) is 6.38. The Kier molecular flexibility index (Phi) is 8.73. The number of alkyl carbamates (subject to hydrolysis) is 1. The lowest BCUT2D eigenvalue weighted by atomic mass is 10.2. The molecule has 7 heteroatoms. The van der Waals surface area contributed by atoms with Gasteiger partial charge in [0.2, 0.25) is 0 Å². The minimum absolute atomic E-state index is 0.138. The molecule has 2 unspecified atom stereocenters. The van der Waals surface area contributed by atoms with Gasteiger partial charge in [-0.25, -0.2) is 9.59 Å². The average Bonchev–Trinajstić information content (AvgIpc) is 2.65. The summed E-state index contributed by atoms with van der Waals surface area (Å²) in [5, 5.41) is 2.59. The Balaban J connectivity index is 1.87. The highest BCUT2D eigenvalue weighted by Crippen LogP contribution is 2.14. The van der Waals surface area contributed by atoms with Gasteiger partial charge in [0.25, 0.3) is 0 Å². The van der Waals surface area contributed by atoms with Crippen LogP contribution < -0.4 is 5.32 Å². The van der Waals surface area contributed by atoms with Crippen molar-refractivity contribution in [1.82, 2.24) is 5.32 Å². The summed E-state index contributed by atoms with van der Waals surface area (Å²) in [6.07, 6.45) is 2.28. The van der Waals surface area contributed by atoms with Gasteiger partial charge in [0.1, 0.15) is 18.2 Å². The van der Waals surface area contributed by atoms with Crippen molar-refractivity contribution in [1.29, 1.82) is 0 Å². The van der Waals surface area contributed by atoms with E-state index in [1.807, 2.05) is 30.3 Å². The molecule has 1 fully saturated rings. The molecule has 1 aromatic carbocycles. The first-order chi connectivity index (χ1) is 13.3. The molecule has 0 radical (unpaired) electrons. The fourth-order valence-corrected chi connectivity index (χ4v) is 2.69. The number of hydrogen-bond donors (Lipinski definition) is 1. The number of nitrogens with one attached hydrogen (secondary N) is 1. The van der Waals surface area contributed by atoms with Crippen LogP contribution in [0.1, 0.15) is 52.0 Å². The summed E-state index contributed by atoms with van der Waals surface area (Å²) in [5.41, 5.74) is 0.216. The van der Waals surface area contributed by atoms with Crippen molar-refractivity contribution in [3.05, 3.63) is 35.9 Å². The highest BCUT2D eigenvalue weighted by Gasteiger charge is 2.26. The van der Waals surface area contributed by atoms with Crippen molar-refractivity contribution in [3.63, 3.8) is 0 Å². The van der Waals surface area contributed by atoms with Crippen molar-refractivity contribution >= 4 is 12.1 Å². The number of esters is 1. The number of benzene rings is 1. The number of carbonyl (C=O) groups is 2. The lowest BCUT2D eigenvalue weighted by molar-refractivity contribution is -0.166. The number of hydrogen-bond acceptors (Lipinski definition) is 6. The highest BCUT2D eigenvalue weighted by molar-refractivity contribution is 5.81. The van der Waals surface area contributed by atoms with Crippen LogP contribution in [-0.4, -0.2) is 43.2 Å². The predicted molar refractivity (Wildman–Crippen MR) is 104 cm³/mol. The van der Waals surface area contributed by atoms with Crippen molar-refractivity contribution < 1.29 is 28.5 Å². The smallest absolute Gasteiger partial charge is 0.408 e. The van der Waals surface area contributed by atoms with Gasteiger partial charge >= 0.3 is 12.1 Å². The van der Waals surface area contributed by atoms with Gasteiger partial charge in [-0.3, -0.25) is 0 Å². The molecule has 0 saturated carbocycles. The molecule has 0 aromatic heterocycles. The molecule has 0 spiro atoms. The second-order valence-electron chi connectivity index (χ2n) is 7.75. The lowest BCUT2D eigenvalue weighted by Crippen LogP contribution is -2.45. The Hall–Kier alpha value is -2.12. The summed E-state index contributed by atoms with van der Waals surface area (Å²) in [7, 11) is 0. The molecule has 2 rings (SSSR count). The van der Waals surface area contributed by atoms with E-state index in [1.165, 1.54) is 0 Å². The SMILES string of the molecule is CC(C)(C)OC(=O)NC(CCOC1CCCCO1)C(=O)OCc1ccccc1. The standard InChI is InChI=1S/C21H31NO6/c1-21(2,3)28-20(24)22-17(12-14-26-18-11-7-8-13-25-18)19(23)27-15-16-9-5-4-6-10-16/h4-6,9-10,17-18H,7-8,11-15H2,1-3H3,(H,22,24). The van der Waals surface area contributed by atoms with Crippen LogP contribution in [0.25, 0.3) is 0 Å². The van der Waals surface area contributed by atoms with Crippen LogP contribution >= 0.6 is 0 Å². The monoisotopic (exact) mass is 393 g/mol. The normalized spacial score (nSPS) is 18.2. The minimum Gasteiger partial charge on any atom is -0.459 e. The molecule has 1 aliphatic heterocycles. The fourth-order valence-electron chi connectivity index (χ4n) is 2.69. The van der Waals surface area contributed by atoms with E-state index in [0.717, 1.165) is 24.8 Å². The van der Waals surface area contributed by atoms with Gasteiger partial charge in [0.15, 0.2) is 6.29 Å². The Morgan fingerprint density at radius 1 is 1.21 bits per heavy atom. The van der Waals surface area contributed by atoms with Crippen LogP contribution in [0.2, 0.25) is 0 Å². The van der Waals surface area contributed by atoms with Crippen LogP contribution in [0.4, 0.5) is 4.79 Å². The molecule has 156 valence electrons. The van der Waals surface area contributed by atoms with Crippen LogP contribution in [0.3, 0.4) is 0 Å². The van der Waals surface area contributed by atoms with E-state index in [0.29, 0.717) is 6.61 Å². The van der Waals surface area contributed by atoms with Gasteiger partial charge < -0.3 is 24.3 Å². The van der Waals surface area contributed by atoms with Gasteiger partial charge in [0.05, 0.1) is 6.61 Å². The van der Waals surface area contributed by atoms with E-state index in [4.69, 9.17) is 18.9 Å². The van der Waals surface area contributed by atoms with E-state index in [9.17, 15) is 9.59 Å². The summed E-state index contributed by atoms with van der Waals surface area (Å²) in [5.74, 6) is -0.525. The van der Waals surface area contributed by atoms with Gasteiger partial charge in [-0.1, -0.05) is 30.3 Å². The average molecular weight is 393 g/mol. The molecule has 1 amide bonds. The van der Waals surface area contributed by atoms with Crippen molar-refractivity contribution in [3.8, 4) is 0 Å². The molecule has 1 aromatic rings. The zero-order chi connectivity index (χ0) is 20.4. The maximum Gasteiger partial charge on any atom is 0.408 e. The van der Waals surface area contributed by atoms with Crippen LogP contribution in [0, 0.1) is 0 Å². The first-order valence-electron chi connectivity index (χ1n) is 9.77.